The van der Waals surface area contributed by atoms with Crippen LogP contribution in [0.2, 0.25) is 0 Å². The minimum absolute atomic E-state index is 0.0359. The van der Waals surface area contributed by atoms with Crippen molar-refractivity contribution in [2.75, 3.05) is 50.7 Å². The number of anilines is 1. The van der Waals surface area contributed by atoms with Gasteiger partial charge in [0.05, 0.1) is 18.6 Å². The quantitative estimate of drug-likeness (QED) is 0.0805. The number of aromatic nitrogens is 1. The molecule has 2 heterocycles. The number of unbranched alkanes of at least 4 members (excludes halogenated alkanes) is 1. The van der Waals surface area contributed by atoms with Crippen LogP contribution in [-0.2, 0) is 6.42 Å². The fourth-order valence-electron chi connectivity index (χ4n) is 5.61. The number of hydrogen-bond acceptors (Lipinski definition) is 9. The van der Waals surface area contributed by atoms with E-state index in [-0.39, 0.29) is 12.1 Å². The molecule has 0 spiro atoms. The number of nitrogens with two attached hydrogens (primary N) is 2. The van der Waals surface area contributed by atoms with Gasteiger partial charge in [-0.2, -0.15) is 0 Å². The molecule has 1 aromatic heterocycles. The van der Waals surface area contributed by atoms with E-state index < -0.39 is 0 Å². The van der Waals surface area contributed by atoms with Gasteiger partial charge in [0.1, 0.15) is 0 Å². The van der Waals surface area contributed by atoms with E-state index in [1.807, 2.05) is 35.8 Å². The second-order valence-corrected chi connectivity index (χ2v) is 14.7. The second kappa shape index (κ2) is 25.8. The zero-order chi connectivity index (χ0) is 38.1. The zero-order valence-electron chi connectivity index (χ0n) is 32.7. The number of nitrogens with one attached hydrogen (secondary N) is 3. The van der Waals surface area contributed by atoms with Gasteiger partial charge in [0.2, 0.25) is 0 Å². The lowest BCUT2D eigenvalue weighted by atomic mass is 10.0. The normalized spacial score (nSPS) is 13.9. The molecule has 8 nitrogen and oxygen atoms in total. The van der Waals surface area contributed by atoms with Gasteiger partial charge in [-0.15, -0.1) is 11.3 Å². The summed E-state index contributed by atoms with van der Waals surface area (Å²) in [6.45, 7) is 29.1. The Morgan fingerprint density at radius 1 is 0.885 bits per heavy atom. The SMILES string of the molecule is C=C(CN)NC(Cc1ccccc1)C(=C)NCC(=C)NC(CCCCN)C(=CCC)N1CCN(c2nccs2)CC1.CC(C)C.Cc1ccccc1. The third-order valence-corrected chi connectivity index (χ3v) is 9.06. The van der Waals surface area contributed by atoms with Gasteiger partial charge in [-0.25, -0.2) is 4.98 Å². The van der Waals surface area contributed by atoms with Crippen LogP contribution in [0.3, 0.4) is 0 Å². The van der Waals surface area contributed by atoms with E-state index in [9.17, 15) is 0 Å². The molecule has 0 amide bonds. The predicted octanol–water partition coefficient (Wildman–Crippen LogP) is 7.59. The van der Waals surface area contributed by atoms with Crippen LogP contribution in [0.1, 0.15) is 64.5 Å². The number of aryl methyl sites for hydroxylation is 1. The molecule has 0 bridgehead atoms. The molecule has 7 N–H and O–H groups in total. The van der Waals surface area contributed by atoms with Gasteiger partial charge in [-0.05, 0) is 57.1 Å². The molecule has 0 radical (unpaired) electrons. The Morgan fingerprint density at radius 2 is 1.50 bits per heavy atom. The van der Waals surface area contributed by atoms with Crippen LogP contribution in [0, 0.1) is 12.8 Å². The number of allylic oxidation sites excluding steroid dienone is 1. The van der Waals surface area contributed by atoms with Crippen LogP contribution in [0.4, 0.5) is 5.13 Å². The van der Waals surface area contributed by atoms with Gasteiger partial charge < -0.3 is 37.2 Å². The summed E-state index contributed by atoms with van der Waals surface area (Å²) >= 11 is 1.71. The molecule has 2 aromatic carbocycles. The molecule has 4 rings (SSSR count). The highest BCUT2D eigenvalue weighted by molar-refractivity contribution is 7.13. The first kappa shape index (κ1) is 44.1. The lowest BCUT2D eigenvalue weighted by Gasteiger charge is -2.40. The highest BCUT2D eigenvalue weighted by Gasteiger charge is 2.25. The second-order valence-electron chi connectivity index (χ2n) is 13.9. The van der Waals surface area contributed by atoms with Crippen molar-refractivity contribution >= 4 is 16.5 Å². The first-order valence-electron chi connectivity index (χ1n) is 18.9. The maximum atomic E-state index is 5.85. The Morgan fingerprint density at radius 3 is 2.02 bits per heavy atom. The Labute approximate surface area is 320 Å². The molecule has 0 aliphatic carbocycles. The standard InChI is InChI=1S/C32H50N8S.C7H8.C4H10/c1-5-11-31(39-17-19-40(20-18-39)32-35-16-21-41-32)29(14-9-10-15-33)38-26(3)24-36-27(4)30(37-25(2)23-34)22-28-12-7-6-8-13-28;1-7-5-3-2-4-6-7;1-4(2)3/h6-8,11-13,16,21,29-30,36-38H,2-5,9-10,14-15,17-20,22-24,33-34H2,1H3;2-6H,1H3;4H,1-3H3. The molecule has 2 atom stereocenters. The molecule has 2 unspecified atom stereocenters. The molecule has 9 heteroatoms. The van der Waals surface area contributed by atoms with Crippen LogP contribution in [0.25, 0.3) is 0 Å². The third kappa shape index (κ3) is 17.9. The van der Waals surface area contributed by atoms with Gasteiger partial charge in [0.25, 0.3) is 0 Å². The van der Waals surface area contributed by atoms with Crippen molar-refractivity contribution < 1.29 is 0 Å². The van der Waals surface area contributed by atoms with E-state index in [1.165, 1.54) is 16.8 Å². The average molecular weight is 729 g/mol. The van der Waals surface area contributed by atoms with E-state index in [2.05, 4.69) is 128 Å². The number of hydrogen-bond donors (Lipinski definition) is 5. The van der Waals surface area contributed by atoms with E-state index in [4.69, 9.17) is 11.5 Å². The van der Waals surface area contributed by atoms with Crippen molar-refractivity contribution in [3.8, 4) is 0 Å². The minimum atomic E-state index is -0.0359. The highest BCUT2D eigenvalue weighted by Crippen LogP contribution is 2.23. The predicted molar refractivity (Wildman–Crippen MR) is 227 cm³/mol. The lowest BCUT2D eigenvalue weighted by Crippen LogP contribution is -2.49. The summed E-state index contributed by atoms with van der Waals surface area (Å²) in [5, 5.41) is 13.9. The summed E-state index contributed by atoms with van der Waals surface area (Å²) in [5.74, 6) is 0.833. The van der Waals surface area contributed by atoms with Gasteiger partial charge >= 0.3 is 0 Å². The number of benzene rings is 2. The van der Waals surface area contributed by atoms with Gasteiger partial charge in [-0.3, -0.25) is 0 Å². The molecule has 3 aromatic rings. The van der Waals surface area contributed by atoms with E-state index in [0.717, 1.165) is 86.4 Å². The van der Waals surface area contributed by atoms with Crippen LogP contribution in [0.5, 0.6) is 0 Å². The Kier molecular flexibility index (Phi) is 21.9. The Hall–Kier alpha value is -4.05. The van der Waals surface area contributed by atoms with Gasteiger partial charge in [-0.1, -0.05) is 120 Å². The highest BCUT2D eigenvalue weighted by atomic mass is 32.1. The number of thiazole rings is 1. The molecular weight excluding hydrogens is 661 g/mol. The maximum Gasteiger partial charge on any atom is 0.185 e. The van der Waals surface area contributed by atoms with Crippen LogP contribution in [0.15, 0.2) is 121 Å². The average Bonchev–Trinajstić information content (AvgIpc) is 3.69. The fraction of sp³-hybridized carbons (Fsp3) is 0.465. The van der Waals surface area contributed by atoms with Gasteiger partial charge in [0.15, 0.2) is 5.13 Å². The summed E-state index contributed by atoms with van der Waals surface area (Å²) in [4.78, 5) is 9.42. The first-order valence-corrected chi connectivity index (χ1v) is 19.8. The van der Waals surface area contributed by atoms with Crippen molar-refractivity contribution in [3.05, 3.63) is 132 Å². The van der Waals surface area contributed by atoms with Gasteiger partial charge in [0, 0.05) is 67.1 Å². The summed E-state index contributed by atoms with van der Waals surface area (Å²) in [6.07, 6.45) is 9.09. The molecule has 1 aliphatic heterocycles. The van der Waals surface area contributed by atoms with E-state index in [1.54, 1.807) is 11.3 Å². The minimum Gasteiger partial charge on any atom is -0.382 e. The Balaban J connectivity index is 0.000000729. The molecule has 1 aliphatic rings. The molecular formula is C43H68N8S. The maximum absolute atomic E-state index is 5.85. The smallest absolute Gasteiger partial charge is 0.185 e. The summed E-state index contributed by atoms with van der Waals surface area (Å²) in [7, 11) is 0. The van der Waals surface area contributed by atoms with Crippen LogP contribution >= 0.6 is 11.3 Å². The largest absolute Gasteiger partial charge is 0.382 e. The summed E-state index contributed by atoms with van der Waals surface area (Å²) < 4.78 is 0. The van der Waals surface area contributed by atoms with Crippen molar-refractivity contribution in [1.82, 2.24) is 25.8 Å². The topological polar surface area (TPSA) is 107 Å². The summed E-state index contributed by atoms with van der Waals surface area (Å²) in [5.41, 5.74) is 18.2. The Bertz CT molecular complexity index is 1410. The lowest BCUT2D eigenvalue weighted by molar-refractivity contribution is 0.287. The van der Waals surface area contributed by atoms with E-state index in [0.29, 0.717) is 19.6 Å². The molecule has 1 fully saturated rings. The number of piperazine rings is 1. The van der Waals surface area contributed by atoms with Crippen LogP contribution < -0.4 is 32.3 Å². The van der Waals surface area contributed by atoms with Crippen molar-refractivity contribution in [1.29, 1.82) is 0 Å². The fourth-order valence-corrected chi connectivity index (χ4v) is 6.30. The summed E-state index contributed by atoms with van der Waals surface area (Å²) in [6, 6.07) is 20.8. The molecule has 286 valence electrons. The van der Waals surface area contributed by atoms with Crippen LogP contribution in [-0.4, -0.2) is 67.8 Å². The first-order chi connectivity index (χ1) is 25.1. The van der Waals surface area contributed by atoms with Crippen molar-refractivity contribution in [2.45, 2.75) is 78.8 Å². The molecule has 0 saturated carbocycles. The van der Waals surface area contributed by atoms with E-state index >= 15 is 0 Å². The number of rotatable bonds is 19. The van der Waals surface area contributed by atoms with Crippen molar-refractivity contribution in [2.24, 2.45) is 17.4 Å². The third-order valence-electron chi connectivity index (χ3n) is 8.23. The zero-order valence-corrected chi connectivity index (χ0v) is 33.6. The molecule has 52 heavy (non-hydrogen) atoms. The monoisotopic (exact) mass is 729 g/mol. The van der Waals surface area contributed by atoms with Crippen molar-refractivity contribution in [3.63, 3.8) is 0 Å². The number of nitrogens with zero attached hydrogens (tertiary/aromatic N) is 3. The molecule has 1 saturated heterocycles.